The fourth-order valence-corrected chi connectivity index (χ4v) is 4.76. The molecule has 8 heteroatoms. The molecular weight excluding hydrogens is 422 g/mol. The Kier molecular flexibility index (Phi) is 5.09. The Morgan fingerprint density at radius 1 is 0.970 bits per heavy atom. The summed E-state index contributed by atoms with van der Waals surface area (Å²) in [4.78, 5) is 26.4. The molecule has 4 aromatic rings. The summed E-state index contributed by atoms with van der Waals surface area (Å²) in [5.74, 6) is 1.30. The van der Waals surface area contributed by atoms with Gasteiger partial charge in [-0.2, -0.15) is 0 Å². The molecule has 0 spiro atoms. The molecule has 2 aromatic carbocycles. The maximum Gasteiger partial charge on any atom is 0.331 e. The maximum absolute atomic E-state index is 13.4. The lowest BCUT2D eigenvalue weighted by Gasteiger charge is -2.28. The average molecular weight is 447 g/mol. The van der Waals surface area contributed by atoms with Gasteiger partial charge in [0.15, 0.2) is 0 Å². The van der Waals surface area contributed by atoms with Crippen LogP contribution in [0, 0.1) is 0 Å². The summed E-state index contributed by atoms with van der Waals surface area (Å²) >= 11 is 0. The number of nitrogens with zero attached hydrogens (tertiary/aromatic N) is 3. The Bertz CT molecular complexity index is 1480. The third-order valence-electron chi connectivity index (χ3n) is 6.32. The molecule has 1 aliphatic heterocycles. The minimum Gasteiger partial charge on any atom is -0.497 e. The molecule has 8 nitrogen and oxygen atoms in total. The largest absolute Gasteiger partial charge is 0.497 e. The number of hydrogen-bond acceptors (Lipinski definition) is 5. The van der Waals surface area contributed by atoms with E-state index in [9.17, 15) is 9.59 Å². The van der Waals surface area contributed by atoms with Crippen LogP contribution in [0.25, 0.3) is 22.2 Å². The highest BCUT2D eigenvalue weighted by Gasteiger charge is 2.34. The van der Waals surface area contributed by atoms with Crippen LogP contribution in [0.5, 0.6) is 11.5 Å². The quantitative estimate of drug-likeness (QED) is 0.481. The van der Waals surface area contributed by atoms with E-state index in [4.69, 9.17) is 14.2 Å². The van der Waals surface area contributed by atoms with E-state index in [0.717, 1.165) is 27.1 Å². The first-order valence-corrected chi connectivity index (χ1v) is 10.7. The van der Waals surface area contributed by atoms with Crippen LogP contribution in [0.3, 0.4) is 0 Å². The van der Waals surface area contributed by atoms with Gasteiger partial charge in [0.1, 0.15) is 17.6 Å². The molecule has 170 valence electrons. The van der Waals surface area contributed by atoms with Crippen LogP contribution in [0.2, 0.25) is 0 Å². The van der Waals surface area contributed by atoms with E-state index in [2.05, 4.69) is 4.57 Å². The lowest BCUT2D eigenvalue weighted by Crippen LogP contribution is -2.37. The van der Waals surface area contributed by atoms with Crippen molar-refractivity contribution in [1.82, 2.24) is 13.7 Å². The molecule has 5 rings (SSSR count). The fourth-order valence-electron chi connectivity index (χ4n) is 4.76. The third-order valence-corrected chi connectivity index (χ3v) is 6.32. The van der Waals surface area contributed by atoms with Crippen molar-refractivity contribution >= 4 is 10.9 Å². The van der Waals surface area contributed by atoms with Gasteiger partial charge in [-0.15, -0.1) is 0 Å². The smallest absolute Gasteiger partial charge is 0.331 e. The van der Waals surface area contributed by atoms with Crippen molar-refractivity contribution in [2.24, 2.45) is 14.1 Å². The predicted octanol–water partition coefficient (Wildman–Crippen LogP) is 2.84. The normalized spacial score (nSPS) is 15.5. The van der Waals surface area contributed by atoms with Gasteiger partial charge < -0.3 is 18.8 Å². The molecule has 0 radical (unpaired) electrons. The van der Waals surface area contributed by atoms with Gasteiger partial charge in [-0.05, 0) is 23.8 Å². The van der Waals surface area contributed by atoms with Crippen molar-refractivity contribution in [2.45, 2.75) is 12.6 Å². The van der Waals surface area contributed by atoms with E-state index in [-0.39, 0.29) is 11.2 Å². The minimum absolute atomic E-state index is 0.329. The van der Waals surface area contributed by atoms with Gasteiger partial charge in [-0.1, -0.05) is 30.3 Å². The lowest BCUT2D eigenvalue weighted by atomic mass is 10.0. The van der Waals surface area contributed by atoms with Gasteiger partial charge in [-0.25, -0.2) is 4.79 Å². The van der Waals surface area contributed by atoms with Gasteiger partial charge >= 0.3 is 5.69 Å². The molecular formula is C25H25N3O5. The van der Waals surface area contributed by atoms with Crippen molar-refractivity contribution in [1.29, 1.82) is 0 Å². The molecule has 0 N–H and O–H groups in total. The fraction of sp³-hybridized carbons (Fsp3) is 0.280. The molecule has 0 saturated heterocycles. The summed E-state index contributed by atoms with van der Waals surface area (Å²) < 4.78 is 22.1. The summed E-state index contributed by atoms with van der Waals surface area (Å²) in [7, 11) is 6.40. The van der Waals surface area contributed by atoms with Crippen molar-refractivity contribution < 1.29 is 14.2 Å². The average Bonchev–Trinajstić information content (AvgIpc) is 3.22. The first-order valence-electron chi connectivity index (χ1n) is 10.7. The van der Waals surface area contributed by atoms with E-state index in [1.807, 2.05) is 48.5 Å². The lowest BCUT2D eigenvalue weighted by molar-refractivity contribution is 0.0462. The van der Waals surface area contributed by atoms with Crippen molar-refractivity contribution in [3.05, 3.63) is 80.6 Å². The molecule has 1 atom stereocenters. The van der Waals surface area contributed by atoms with E-state index in [0.29, 0.717) is 35.6 Å². The van der Waals surface area contributed by atoms with Gasteiger partial charge in [0.2, 0.25) is 0 Å². The van der Waals surface area contributed by atoms with Crippen molar-refractivity contribution in [3.8, 4) is 22.8 Å². The van der Waals surface area contributed by atoms with E-state index in [1.54, 1.807) is 21.3 Å². The SMILES string of the molecule is COc1ccc(OC)c([C@@H]2OCCn3c(-c4ccccc4)c4c(=O)n(C)c(=O)n(C)c4c32)c1. The Hall–Kier alpha value is -3.78. The molecule has 0 aliphatic carbocycles. The number of rotatable bonds is 4. The molecule has 0 fully saturated rings. The molecule has 1 aliphatic rings. The Morgan fingerprint density at radius 3 is 2.42 bits per heavy atom. The number of benzene rings is 2. The summed E-state index contributed by atoms with van der Waals surface area (Å²) in [6.07, 6.45) is -0.554. The zero-order chi connectivity index (χ0) is 23.3. The molecule has 3 heterocycles. The maximum atomic E-state index is 13.4. The summed E-state index contributed by atoms with van der Waals surface area (Å²) in [6, 6.07) is 15.3. The topological polar surface area (TPSA) is 76.6 Å². The predicted molar refractivity (Wildman–Crippen MR) is 125 cm³/mol. The van der Waals surface area contributed by atoms with Crippen LogP contribution < -0.4 is 20.7 Å². The Balaban J connectivity index is 1.94. The van der Waals surface area contributed by atoms with Gasteiger partial charge in [0, 0.05) is 26.2 Å². The molecule has 0 saturated carbocycles. The second-order valence-corrected chi connectivity index (χ2v) is 8.04. The summed E-state index contributed by atoms with van der Waals surface area (Å²) in [6.45, 7) is 0.988. The number of hydrogen-bond donors (Lipinski definition) is 0. The number of ether oxygens (including phenoxy) is 3. The monoisotopic (exact) mass is 447 g/mol. The highest BCUT2D eigenvalue weighted by molar-refractivity contribution is 5.96. The van der Waals surface area contributed by atoms with Crippen LogP contribution in [-0.4, -0.2) is 34.5 Å². The molecule has 0 amide bonds. The second-order valence-electron chi connectivity index (χ2n) is 8.04. The number of fused-ring (bicyclic) bond motifs is 3. The highest BCUT2D eigenvalue weighted by Crippen LogP contribution is 2.43. The van der Waals surface area contributed by atoms with Crippen LogP contribution >= 0.6 is 0 Å². The molecule has 33 heavy (non-hydrogen) atoms. The second kappa shape index (κ2) is 7.97. The molecule has 0 unspecified atom stereocenters. The van der Waals surface area contributed by atoms with Crippen LogP contribution in [0.4, 0.5) is 0 Å². The third kappa shape index (κ3) is 3.09. The molecule has 0 bridgehead atoms. The van der Waals surface area contributed by atoms with Gasteiger partial charge in [0.25, 0.3) is 5.56 Å². The number of aryl methyl sites for hydroxylation is 1. The van der Waals surface area contributed by atoms with E-state index >= 15 is 0 Å². The Morgan fingerprint density at radius 2 is 1.73 bits per heavy atom. The van der Waals surface area contributed by atoms with Gasteiger partial charge in [0.05, 0.1) is 43.1 Å². The summed E-state index contributed by atoms with van der Waals surface area (Å²) in [5, 5.41) is 0.498. The van der Waals surface area contributed by atoms with Crippen molar-refractivity contribution in [2.75, 3.05) is 20.8 Å². The standard InChI is InChI=1S/C25H25N3O5/c1-26-21-19(24(29)27(2)25(26)30)20(15-8-6-5-7-9-15)28-12-13-33-23(22(21)28)17-14-16(31-3)10-11-18(17)32-4/h5-11,14,23H,12-13H2,1-4H3/t23-/m0/s1. The van der Waals surface area contributed by atoms with Crippen molar-refractivity contribution in [3.63, 3.8) is 0 Å². The first kappa shape index (κ1) is 21.1. The zero-order valence-corrected chi connectivity index (χ0v) is 19.0. The van der Waals surface area contributed by atoms with Gasteiger partial charge in [-0.3, -0.25) is 13.9 Å². The highest BCUT2D eigenvalue weighted by atomic mass is 16.5. The Labute approximate surface area is 190 Å². The van der Waals surface area contributed by atoms with E-state index in [1.165, 1.54) is 11.6 Å². The summed E-state index contributed by atoms with van der Waals surface area (Å²) in [5.41, 5.74) is 3.06. The van der Waals surface area contributed by atoms with Crippen LogP contribution in [-0.2, 0) is 25.4 Å². The number of methoxy groups -OCH3 is 2. The zero-order valence-electron chi connectivity index (χ0n) is 19.0. The van der Waals surface area contributed by atoms with Crippen LogP contribution in [0.1, 0.15) is 17.4 Å². The first-order chi connectivity index (χ1) is 16.0. The van der Waals surface area contributed by atoms with E-state index < -0.39 is 6.10 Å². The molecule has 2 aromatic heterocycles. The minimum atomic E-state index is -0.554. The van der Waals surface area contributed by atoms with Crippen LogP contribution in [0.15, 0.2) is 58.1 Å². The number of aromatic nitrogens is 3.